The Labute approximate surface area is 202 Å². The zero-order valence-corrected chi connectivity index (χ0v) is 22.7. The number of rotatable bonds is 25. The first-order valence-electron chi connectivity index (χ1n) is 14.7. The monoisotopic (exact) mass is 452 g/mol. The summed E-state index contributed by atoms with van der Waals surface area (Å²) in [6.45, 7) is 11.1. The smallest absolute Gasteiger partial charge is 0.234 e. The van der Waals surface area contributed by atoms with Crippen LogP contribution in [0.25, 0.3) is 0 Å². The molecule has 0 unspecified atom stereocenters. The fourth-order valence-corrected chi connectivity index (χ4v) is 4.48. The zero-order valence-electron chi connectivity index (χ0n) is 22.7. The van der Waals surface area contributed by atoms with Gasteiger partial charge in [-0.05, 0) is 18.8 Å². The van der Waals surface area contributed by atoms with Crippen molar-refractivity contribution in [2.24, 2.45) is 5.92 Å². The van der Waals surface area contributed by atoms with Crippen LogP contribution in [-0.4, -0.2) is 24.0 Å². The minimum Gasteiger partial charge on any atom is -0.289 e. The standard InChI is InChI=1S/C29H60N2O/c1-5-8-11-14-17-18-21-24-28(4)27-29(32)30-31(25-22-19-15-12-9-6-2)26-23-20-16-13-10-7-3/h28H,5-27H2,1-4H3,(H,30,32)/t28-/m1/s1. The summed E-state index contributed by atoms with van der Waals surface area (Å²) in [5.74, 6) is 0.730. The van der Waals surface area contributed by atoms with Gasteiger partial charge in [0, 0.05) is 19.5 Å². The third-order valence-electron chi connectivity index (χ3n) is 6.68. The van der Waals surface area contributed by atoms with Crippen LogP contribution in [0.1, 0.15) is 163 Å². The third kappa shape index (κ3) is 22.6. The van der Waals surface area contributed by atoms with Gasteiger partial charge in [-0.15, -0.1) is 0 Å². The van der Waals surface area contributed by atoms with Crippen LogP contribution in [0, 0.1) is 5.92 Å². The Morgan fingerprint density at radius 2 is 0.969 bits per heavy atom. The van der Waals surface area contributed by atoms with Crippen LogP contribution in [0.3, 0.4) is 0 Å². The molecule has 0 aromatic rings. The molecule has 0 aliphatic carbocycles. The Morgan fingerprint density at radius 3 is 1.41 bits per heavy atom. The van der Waals surface area contributed by atoms with Crippen molar-refractivity contribution < 1.29 is 4.79 Å². The van der Waals surface area contributed by atoms with E-state index in [4.69, 9.17) is 0 Å². The molecule has 0 aromatic heterocycles. The number of amides is 1. The molecule has 0 aromatic carbocycles. The van der Waals surface area contributed by atoms with Crippen molar-refractivity contribution in [2.75, 3.05) is 13.1 Å². The van der Waals surface area contributed by atoms with E-state index in [-0.39, 0.29) is 5.91 Å². The number of nitrogens with one attached hydrogen (secondary N) is 1. The first-order valence-corrected chi connectivity index (χ1v) is 14.7. The SMILES string of the molecule is CCCCCCCCC[C@@H](C)CC(=O)NN(CCCCCCCC)CCCCCCCC. The van der Waals surface area contributed by atoms with Gasteiger partial charge in [0.2, 0.25) is 5.91 Å². The maximum absolute atomic E-state index is 12.7. The predicted molar refractivity (Wildman–Crippen MR) is 143 cm³/mol. The van der Waals surface area contributed by atoms with Gasteiger partial charge in [-0.25, -0.2) is 5.01 Å². The second kappa shape index (κ2) is 25.1. The average molecular weight is 453 g/mol. The van der Waals surface area contributed by atoms with Crippen LogP contribution in [-0.2, 0) is 4.79 Å². The van der Waals surface area contributed by atoms with E-state index in [1.807, 2.05) is 0 Å². The van der Waals surface area contributed by atoms with Crippen LogP contribution >= 0.6 is 0 Å². The number of carbonyl (C=O) groups excluding carboxylic acids is 1. The van der Waals surface area contributed by atoms with Gasteiger partial charge in [0.05, 0.1) is 0 Å². The highest BCUT2D eigenvalue weighted by Crippen LogP contribution is 2.15. The van der Waals surface area contributed by atoms with Crippen molar-refractivity contribution in [3.63, 3.8) is 0 Å². The van der Waals surface area contributed by atoms with Gasteiger partial charge in [-0.2, -0.15) is 0 Å². The average Bonchev–Trinajstić information content (AvgIpc) is 2.77. The van der Waals surface area contributed by atoms with Crippen molar-refractivity contribution in [2.45, 2.75) is 163 Å². The highest BCUT2D eigenvalue weighted by atomic mass is 16.2. The maximum atomic E-state index is 12.7. The van der Waals surface area contributed by atoms with Crippen molar-refractivity contribution in [1.82, 2.24) is 10.4 Å². The minimum absolute atomic E-state index is 0.234. The molecule has 0 spiro atoms. The molecular weight excluding hydrogens is 392 g/mol. The molecule has 0 rings (SSSR count). The first kappa shape index (κ1) is 31.4. The van der Waals surface area contributed by atoms with Gasteiger partial charge < -0.3 is 0 Å². The fraction of sp³-hybridized carbons (Fsp3) is 0.966. The normalized spacial score (nSPS) is 12.4. The quantitative estimate of drug-likeness (QED) is 0.111. The summed E-state index contributed by atoms with van der Waals surface area (Å²) in [7, 11) is 0. The lowest BCUT2D eigenvalue weighted by Gasteiger charge is -2.24. The predicted octanol–water partition coefficient (Wildman–Crippen LogP) is 9.21. The van der Waals surface area contributed by atoms with E-state index in [2.05, 4.69) is 38.1 Å². The summed E-state index contributed by atoms with van der Waals surface area (Å²) in [6, 6.07) is 0. The van der Waals surface area contributed by atoms with Gasteiger partial charge in [0.25, 0.3) is 0 Å². The maximum Gasteiger partial charge on any atom is 0.234 e. The van der Waals surface area contributed by atoms with E-state index in [0.29, 0.717) is 12.3 Å². The van der Waals surface area contributed by atoms with Crippen molar-refractivity contribution in [3.8, 4) is 0 Å². The molecule has 192 valence electrons. The van der Waals surface area contributed by atoms with E-state index >= 15 is 0 Å². The lowest BCUT2D eigenvalue weighted by molar-refractivity contribution is -0.126. The van der Waals surface area contributed by atoms with Gasteiger partial charge in [-0.3, -0.25) is 10.2 Å². The molecule has 3 heteroatoms. The Kier molecular flexibility index (Phi) is 24.6. The molecule has 0 saturated carbocycles. The van der Waals surface area contributed by atoms with Crippen LogP contribution in [0.15, 0.2) is 0 Å². The number of unbranched alkanes of at least 4 members (excludes halogenated alkanes) is 16. The molecule has 1 N–H and O–H groups in total. The van der Waals surface area contributed by atoms with Crippen LogP contribution in [0.5, 0.6) is 0 Å². The van der Waals surface area contributed by atoms with Gasteiger partial charge in [0.15, 0.2) is 0 Å². The summed E-state index contributed by atoms with van der Waals surface area (Å²) in [6.07, 6.45) is 27.0. The number of carbonyl (C=O) groups is 1. The third-order valence-corrected chi connectivity index (χ3v) is 6.68. The Hall–Kier alpha value is -0.570. The van der Waals surface area contributed by atoms with E-state index < -0.39 is 0 Å². The minimum atomic E-state index is 0.234. The summed E-state index contributed by atoms with van der Waals surface area (Å²) in [4.78, 5) is 12.7. The van der Waals surface area contributed by atoms with Gasteiger partial charge in [-0.1, -0.05) is 143 Å². The van der Waals surface area contributed by atoms with Gasteiger partial charge >= 0.3 is 0 Å². The lowest BCUT2D eigenvalue weighted by Crippen LogP contribution is -2.43. The second-order valence-corrected chi connectivity index (χ2v) is 10.3. The van der Waals surface area contributed by atoms with Crippen LogP contribution in [0.2, 0.25) is 0 Å². The van der Waals surface area contributed by atoms with Crippen LogP contribution in [0.4, 0.5) is 0 Å². The molecule has 0 bridgehead atoms. The molecule has 32 heavy (non-hydrogen) atoms. The molecule has 0 radical (unpaired) electrons. The molecule has 0 fully saturated rings. The number of nitrogens with zero attached hydrogens (tertiary/aromatic N) is 1. The number of hydrazine groups is 1. The Bertz CT molecular complexity index is 369. The summed E-state index contributed by atoms with van der Waals surface area (Å²) in [5.41, 5.74) is 3.27. The highest BCUT2D eigenvalue weighted by Gasteiger charge is 2.13. The molecular formula is C29H60N2O. The highest BCUT2D eigenvalue weighted by molar-refractivity contribution is 5.75. The molecule has 3 nitrogen and oxygen atoms in total. The second-order valence-electron chi connectivity index (χ2n) is 10.3. The molecule has 0 heterocycles. The van der Waals surface area contributed by atoms with Crippen molar-refractivity contribution in [1.29, 1.82) is 0 Å². The molecule has 0 saturated heterocycles. The largest absolute Gasteiger partial charge is 0.289 e. The van der Waals surface area contributed by atoms with E-state index in [1.165, 1.54) is 128 Å². The van der Waals surface area contributed by atoms with E-state index in [9.17, 15) is 4.79 Å². The van der Waals surface area contributed by atoms with E-state index in [1.54, 1.807) is 0 Å². The number of hydrogen-bond acceptors (Lipinski definition) is 2. The van der Waals surface area contributed by atoms with E-state index in [0.717, 1.165) is 13.1 Å². The topological polar surface area (TPSA) is 32.3 Å². The van der Waals surface area contributed by atoms with Crippen molar-refractivity contribution >= 4 is 5.91 Å². The summed E-state index contributed by atoms with van der Waals surface area (Å²) in [5, 5.41) is 2.24. The summed E-state index contributed by atoms with van der Waals surface area (Å²) >= 11 is 0. The number of hydrogen-bond donors (Lipinski definition) is 1. The molecule has 0 aliphatic heterocycles. The fourth-order valence-electron chi connectivity index (χ4n) is 4.48. The Morgan fingerprint density at radius 1 is 0.594 bits per heavy atom. The molecule has 0 aliphatic rings. The molecule has 1 atom stereocenters. The molecule has 1 amide bonds. The first-order chi connectivity index (χ1) is 15.6. The van der Waals surface area contributed by atoms with Gasteiger partial charge in [0.1, 0.15) is 0 Å². The van der Waals surface area contributed by atoms with Crippen molar-refractivity contribution in [3.05, 3.63) is 0 Å². The lowest BCUT2D eigenvalue weighted by atomic mass is 9.98. The summed E-state index contributed by atoms with van der Waals surface area (Å²) < 4.78 is 0. The van der Waals surface area contributed by atoms with Crippen LogP contribution < -0.4 is 5.43 Å². The zero-order chi connectivity index (χ0) is 23.7. The Balaban J connectivity index is 4.11.